The van der Waals surface area contributed by atoms with Gasteiger partial charge in [-0.15, -0.1) is 9.19 Å². The van der Waals surface area contributed by atoms with Crippen LogP contribution in [0.5, 0.6) is 5.75 Å². The lowest BCUT2D eigenvalue weighted by Crippen LogP contribution is -2.15. The Morgan fingerprint density at radius 3 is 2.78 bits per heavy atom. The summed E-state index contributed by atoms with van der Waals surface area (Å²) < 4.78 is 30.8. The number of hydrogen-bond acceptors (Lipinski definition) is 5. The van der Waals surface area contributed by atoms with Gasteiger partial charge in [-0.1, -0.05) is 6.07 Å². The van der Waals surface area contributed by atoms with Crippen molar-refractivity contribution in [2.24, 2.45) is 0 Å². The van der Waals surface area contributed by atoms with Crippen molar-refractivity contribution < 1.29 is 13.2 Å². The van der Waals surface area contributed by atoms with Gasteiger partial charge in [-0.25, -0.2) is 4.98 Å². The molecule has 96 valence electrons. The van der Waals surface area contributed by atoms with E-state index in [1.165, 1.54) is 6.33 Å². The van der Waals surface area contributed by atoms with Crippen LogP contribution in [0.15, 0.2) is 35.7 Å². The van der Waals surface area contributed by atoms with Gasteiger partial charge in [0.15, 0.2) is 0 Å². The minimum Gasteiger partial charge on any atom is -0.492 e. The molecule has 0 aliphatic heterocycles. The number of benzene rings is 1. The van der Waals surface area contributed by atoms with Gasteiger partial charge < -0.3 is 4.74 Å². The zero-order chi connectivity index (χ0) is 13.2. The molecule has 1 aromatic carbocycles. The summed E-state index contributed by atoms with van der Waals surface area (Å²) in [4.78, 5) is 3.74. The molecule has 0 aliphatic carbocycles. The first kappa shape index (κ1) is 12.6. The van der Waals surface area contributed by atoms with E-state index in [4.69, 9.17) is 4.74 Å². The van der Waals surface area contributed by atoms with E-state index in [1.807, 2.05) is 6.92 Å². The van der Waals surface area contributed by atoms with Gasteiger partial charge in [-0.3, -0.25) is 0 Å². The fourth-order valence-corrected chi connectivity index (χ4v) is 2.78. The average Bonchev–Trinajstić information content (AvgIpc) is 2.86. The fourth-order valence-electron chi connectivity index (χ4n) is 1.51. The molecule has 0 unspecified atom stereocenters. The summed E-state index contributed by atoms with van der Waals surface area (Å²) in [7, 11) is -3.75. The van der Waals surface area contributed by atoms with Crippen molar-refractivity contribution >= 4 is 10.0 Å². The molecule has 0 aliphatic rings. The molecule has 1 heterocycles. The average molecular weight is 267 g/mol. The maximum absolute atomic E-state index is 12.3. The molecule has 2 rings (SSSR count). The first-order valence-corrected chi connectivity index (χ1v) is 6.83. The van der Waals surface area contributed by atoms with Crippen molar-refractivity contribution in [3.8, 4) is 5.75 Å². The molecule has 0 bridgehead atoms. The molecular weight excluding hydrogens is 254 g/mol. The summed E-state index contributed by atoms with van der Waals surface area (Å²) in [6.07, 6.45) is 2.32. The molecule has 0 fully saturated rings. The first-order valence-electron chi connectivity index (χ1n) is 5.39. The summed E-state index contributed by atoms with van der Waals surface area (Å²) in [6, 6.07) is 5.00. The molecular formula is C11H13N3O3S. The number of nitrogens with zero attached hydrogens (tertiary/aromatic N) is 3. The molecule has 18 heavy (non-hydrogen) atoms. The molecule has 0 amide bonds. The molecule has 0 radical (unpaired) electrons. The van der Waals surface area contributed by atoms with Crippen LogP contribution < -0.4 is 4.74 Å². The van der Waals surface area contributed by atoms with E-state index in [0.29, 0.717) is 12.4 Å². The highest BCUT2D eigenvalue weighted by atomic mass is 32.2. The van der Waals surface area contributed by atoms with Gasteiger partial charge in [0.25, 0.3) is 10.0 Å². The van der Waals surface area contributed by atoms with Crippen LogP contribution in [-0.2, 0) is 10.0 Å². The largest absolute Gasteiger partial charge is 0.492 e. The number of rotatable bonds is 4. The van der Waals surface area contributed by atoms with E-state index < -0.39 is 10.0 Å². The van der Waals surface area contributed by atoms with Gasteiger partial charge in [0, 0.05) is 0 Å². The van der Waals surface area contributed by atoms with Crippen molar-refractivity contribution in [3.05, 3.63) is 36.4 Å². The number of aryl methyl sites for hydroxylation is 1. The molecule has 6 nitrogen and oxygen atoms in total. The third kappa shape index (κ3) is 2.21. The fraction of sp³-hybridized carbons (Fsp3) is 0.273. The first-order chi connectivity index (χ1) is 8.55. The number of aromatic nitrogens is 3. The predicted octanol–water partition coefficient (Wildman–Crippen LogP) is 1.22. The Morgan fingerprint density at radius 2 is 2.17 bits per heavy atom. The highest BCUT2D eigenvalue weighted by molar-refractivity contribution is 7.90. The summed E-state index contributed by atoms with van der Waals surface area (Å²) in [5.41, 5.74) is 0.831. The monoisotopic (exact) mass is 267 g/mol. The van der Waals surface area contributed by atoms with Crippen LogP contribution in [0.25, 0.3) is 0 Å². The maximum atomic E-state index is 12.3. The lowest BCUT2D eigenvalue weighted by molar-refractivity contribution is 0.331. The summed E-state index contributed by atoms with van der Waals surface area (Å²) in [6.45, 7) is 4.00. The summed E-state index contributed by atoms with van der Waals surface area (Å²) >= 11 is 0. The molecule has 2 aromatic rings. The van der Waals surface area contributed by atoms with Crippen LogP contribution >= 0.6 is 0 Å². The Labute approximate surface area is 105 Å². The Morgan fingerprint density at radius 1 is 1.39 bits per heavy atom. The van der Waals surface area contributed by atoms with Gasteiger partial charge in [0.05, 0.1) is 6.61 Å². The zero-order valence-corrected chi connectivity index (χ0v) is 10.9. The molecule has 0 atom stereocenters. The lowest BCUT2D eigenvalue weighted by atomic mass is 10.2. The summed E-state index contributed by atoms with van der Waals surface area (Å²) in [5.74, 6) is 0.318. The van der Waals surface area contributed by atoms with Crippen LogP contribution in [0.3, 0.4) is 0 Å². The van der Waals surface area contributed by atoms with E-state index in [2.05, 4.69) is 10.1 Å². The smallest absolute Gasteiger partial charge is 0.288 e. The van der Waals surface area contributed by atoms with Crippen molar-refractivity contribution in [3.63, 3.8) is 0 Å². The van der Waals surface area contributed by atoms with Crippen LogP contribution in [-0.4, -0.2) is 29.2 Å². The van der Waals surface area contributed by atoms with Crippen LogP contribution in [0.2, 0.25) is 0 Å². The van der Waals surface area contributed by atoms with E-state index in [-0.39, 0.29) is 4.90 Å². The van der Waals surface area contributed by atoms with Crippen molar-refractivity contribution in [1.29, 1.82) is 0 Å². The second kappa shape index (κ2) is 4.77. The normalized spacial score (nSPS) is 11.4. The predicted molar refractivity (Wildman–Crippen MR) is 65.0 cm³/mol. The quantitative estimate of drug-likeness (QED) is 0.832. The Balaban J connectivity index is 2.59. The molecule has 7 heteroatoms. The Bertz CT molecular complexity index is 636. The van der Waals surface area contributed by atoms with Crippen molar-refractivity contribution in [2.45, 2.75) is 18.7 Å². The van der Waals surface area contributed by atoms with Gasteiger partial charge in [0.2, 0.25) is 0 Å². The van der Waals surface area contributed by atoms with Crippen LogP contribution in [0.1, 0.15) is 12.5 Å². The standard InChI is InChI=1S/C11H13N3O3S/c1-3-17-10-5-4-9(2)6-11(10)18(15,16)14-8-12-7-13-14/h4-8H,3H2,1-2H3. The van der Waals surface area contributed by atoms with Crippen LogP contribution in [0, 0.1) is 6.92 Å². The number of ether oxygens (including phenoxy) is 1. The molecule has 0 saturated heterocycles. The van der Waals surface area contributed by atoms with E-state index in [9.17, 15) is 8.42 Å². The topological polar surface area (TPSA) is 74.1 Å². The second-order valence-electron chi connectivity index (χ2n) is 3.66. The van der Waals surface area contributed by atoms with E-state index >= 15 is 0 Å². The third-order valence-electron chi connectivity index (χ3n) is 2.32. The number of hydrogen-bond donors (Lipinski definition) is 0. The van der Waals surface area contributed by atoms with Crippen molar-refractivity contribution in [2.75, 3.05) is 6.61 Å². The van der Waals surface area contributed by atoms with Crippen LogP contribution in [0.4, 0.5) is 0 Å². The molecule has 1 aromatic heterocycles. The molecule has 0 saturated carbocycles. The third-order valence-corrected chi connectivity index (χ3v) is 3.88. The molecule has 0 spiro atoms. The Hall–Kier alpha value is -1.89. The summed E-state index contributed by atoms with van der Waals surface area (Å²) in [5, 5.41) is 3.66. The lowest BCUT2D eigenvalue weighted by Gasteiger charge is -2.11. The minimum absolute atomic E-state index is 0.0925. The molecule has 0 N–H and O–H groups in total. The van der Waals surface area contributed by atoms with Gasteiger partial charge in [-0.05, 0) is 31.5 Å². The minimum atomic E-state index is -3.75. The Kier molecular flexibility index (Phi) is 3.33. The van der Waals surface area contributed by atoms with Crippen molar-refractivity contribution in [1.82, 2.24) is 14.2 Å². The maximum Gasteiger partial charge on any atom is 0.288 e. The van der Waals surface area contributed by atoms with Gasteiger partial charge in [-0.2, -0.15) is 8.42 Å². The second-order valence-corrected chi connectivity index (χ2v) is 5.42. The SMILES string of the molecule is CCOc1ccc(C)cc1S(=O)(=O)n1cncn1. The highest BCUT2D eigenvalue weighted by Gasteiger charge is 2.22. The van der Waals surface area contributed by atoms with E-state index in [0.717, 1.165) is 16.0 Å². The van der Waals surface area contributed by atoms with E-state index in [1.54, 1.807) is 25.1 Å². The highest BCUT2D eigenvalue weighted by Crippen LogP contribution is 2.26. The zero-order valence-electron chi connectivity index (χ0n) is 10.1. The van der Waals surface area contributed by atoms with Gasteiger partial charge in [0.1, 0.15) is 23.3 Å². The van der Waals surface area contributed by atoms with Gasteiger partial charge >= 0.3 is 0 Å².